The lowest BCUT2D eigenvalue weighted by atomic mass is 10.2. The van der Waals surface area contributed by atoms with E-state index in [4.69, 9.17) is 9.47 Å². The molecule has 150 valence electrons. The number of para-hydroxylation sites is 2. The van der Waals surface area contributed by atoms with Crippen molar-refractivity contribution < 1.29 is 14.3 Å². The van der Waals surface area contributed by atoms with Crippen molar-refractivity contribution in [2.45, 2.75) is 0 Å². The SMILES string of the molecule is COc1ccccc1N1CCN(C(=O)COc2ccc(-n3cnnn3)cc2)CC1. The summed E-state index contributed by atoms with van der Waals surface area (Å²) < 4.78 is 12.6. The number of tetrazole rings is 1. The molecular weight excluding hydrogens is 372 g/mol. The van der Waals surface area contributed by atoms with Gasteiger partial charge in [0.1, 0.15) is 17.8 Å². The number of nitrogens with zero attached hydrogens (tertiary/aromatic N) is 6. The average Bonchev–Trinajstić information content (AvgIpc) is 3.33. The van der Waals surface area contributed by atoms with E-state index >= 15 is 0 Å². The summed E-state index contributed by atoms with van der Waals surface area (Å²) in [5.41, 5.74) is 1.88. The number of amides is 1. The van der Waals surface area contributed by atoms with Crippen LogP contribution in [0.25, 0.3) is 5.69 Å². The zero-order chi connectivity index (χ0) is 20.1. The van der Waals surface area contributed by atoms with Gasteiger partial charge in [-0.15, -0.1) is 5.10 Å². The predicted molar refractivity (Wildman–Crippen MR) is 106 cm³/mol. The quantitative estimate of drug-likeness (QED) is 0.625. The maximum atomic E-state index is 12.5. The largest absolute Gasteiger partial charge is 0.495 e. The average molecular weight is 394 g/mol. The number of carbonyl (C=O) groups excluding carboxylic acids is 1. The van der Waals surface area contributed by atoms with Crippen molar-refractivity contribution in [3.05, 3.63) is 54.9 Å². The van der Waals surface area contributed by atoms with Crippen LogP contribution in [0.2, 0.25) is 0 Å². The maximum Gasteiger partial charge on any atom is 0.260 e. The molecule has 0 bridgehead atoms. The van der Waals surface area contributed by atoms with E-state index < -0.39 is 0 Å². The molecule has 9 heteroatoms. The third-order valence-corrected chi connectivity index (χ3v) is 4.87. The minimum Gasteiger partial charge on any atom is -0.495 e. The van der Waals surface area contributed by atoms with Gasteiger partial charge in [0, 0.05) is 26.2 Å². The van der Waals surface area contributed by atoms with Gasteiger partial charge < -0.3 is 19.3 Å². The summed E-state index contributed by atoms with van der Waals surface area (Å²) in [5.74, 6) is 1.46. The Kier molecular flexibility index (Phi) is 5.55. The number of rotatable bonds is 6. The Balaban J connectivity index is 1.28. The Morgan fingerprint density at radius 3 is 2.48 bits per heavy atom. The molecule has 9 nitrogen and oxygen atoms in total. The molecule has 1 amide bonds. The number of carbonyl (C=O) groups is 1. The highest BCUT2D eigenvalue weighted by atomic mass is 16.5. The molecule has 1 aromatic heterocycles. The molecule has 1 fully saturated rings. The summed E-state index contributed by atoms with van der Waals surface area (Å²) in [6.45, 7) is 2.83. The molecule has 0 spiro atoms. The molecule has 1 aliphatic heterocycles. The van der Waals surface area contributed by atoms with Crippen LogP contribution in [0, 0.1) is 0 Å². The number of methoxy groups -OCH3 is 1. The zero-order valence-corrected chi connectivity index (χ0v) is 16.1. The Morgan fingerprint density at radius 1 is 1.03 bits per heavy atom. The summed E-state index contributed by atoms with van der Waals surface area (Å²) in [6, 6.07) is 15.2. The van der Waals surface area contributed by atoms with Crippen LogP contribution < -0.4 is 14.4 Å². The number of anilines is 1. The van der Waals surface area contributed by atoms with Crippen molar-refractivity contribution in [3.8, 4) is 17.2 Å². The standard InChI is InChI=1S/C20H22N6O3/c1-28-19-5-3-2-4-18(19)24-10-12-25(13-11-24)20(27)14-29-17-8-6-16(7-9-17)26-15-21-22-23-26/h2-9,15H,10-14H2,1H3. The highest BCUT2D eigenvalue weighted by molar-refractivity contribution is 5.78. The van der Waals surface area contributed by atoms with Crippen molar-refractivity contribution >= 4 is 11.6 Å². The first-order valence-electron chi connectivity index (χ1n) is 9.36. The second-order valence-corrected chi connectivity index (χ2v) is 6.58. The summed E-state index contributed by atoms with van der Waals surface area (Å²) in [5, 5.41) is 11.0. The van der Waals surface area contributed by atoms with Crippen molar-refractivity contribution in [3.63, 3.8) is 0 Å². The molecule has 0 saturated carbocycles. The Morgan fingerprint density at radius 2 is 1.79 bits per heavy atom. The van der Waals surface area contributed by atoms with E-state index in [1.807, 2.05) is 41.3 Å². The second-order valence-electron chi connectivity index (χ2n) is 6.58. The van der Waals surface area contributed by atoms with E-state index in [1.54, 1.807) is 23.9 Å². The van der Waals surface area contributed by atoms with Crippen LogP contribution in [0.4, 0.5) is 5.69 Å². The van der Waals surface area contributed by atoms with Crippen LogP contribution >= 0.6 is 0 Å². The van der Waals surface area contributed by atoms with Crippen LogP contribution in [0.5, 0.6) is 11.5 Å². The first-order valence-corrected chi connectivity index (χ1v) is 9.36. The van der Waals surface area contributed by atoms with Crippen molar-refractivity contribution in [2.24, 2.45) is 0 Å². The lowest BCUT2D eigenvalue weighted by Gasteiger charge is -2.36. The van der Waals surface area contributed by atoms with E-state index in [1.165, 1.54) is 6.33 Å². The lowest BCUT2D eigenvalue weighted by molar-refractivity contribution is -0.133. The lowest BCUT2D eigenvalue weighted by Crippen LogP contribution is -2.50. The fourth-order valence-electron chi connectivity index (χ4n) is 3.30. The van der Waals surface area contributed by atoms with Gasteiger partial charge in [-0.05, 0) is 46.8 Å². The smallest absolute Gasteiger partial charge is 0.260 e. The molecule has 1 saturated heterocycles. The highest BCUT2D eigenvalue weighted by Gasteiger charge is 2.23. The number of hydrogen-bond acceptors (Lipinski definition) is 7. The van der Waals surface area contributed by atoms with Gasteiger partial charge in [-0.1, -0.05) is 12.1 Å². The molecule has 1 aliphatic rings. The highest BCUT2D eigenvalue weighted by Crippen LogP contribution is 2.28. The van der Waals surface area contributed by atoms with Gasteiger partial charge in [-0.3, -0.25) is 4.79 Å². The predicted octanol–water partition coefficient (Wildman–Crippen LogP) is 1.40. The number of aromatic nitrogens is 4. The monoisotopic (exact) mass is 394 g/mol. The number of benzene rings is 2. The van der Waals surface area contributed by atoms with Gasteiger partial charge >= 0.3 is 0 Å². The molecule has 0 aliphatic carbocycles. The molecule has 29 heavy (non-hydrogen) atoms. The Labute approximate surface area is 168 Å². The summed E-state index contributed by atoms with van der Waals surface area (Å²) in [4.78, 5) is 16.6. The number of hydrogen-bond donors (Lipinski definition) is 0. The van der Waals surface area contributed by atoms with E-state index in [9.17, 15) is 4.79 Å². The minimum atomic E-state index is -0.0192. The van der Waals surface area contributed by atoms with E-state index in [0.29, 0.717) is 18.8 Å². The van der Waals surface area contributed by atoms with Gasteiger partial charge in [0.15, 0.2) is 6.61 Å². The van der Waals surface area contributed by atoms with E-state index in [0.717, 1.165) is 30.2 Å². The van der Waals surface area contributed by atoms with Gasteiger partial charge in [0.05, 0.1) is 18.5 Å². The molecule has 0 N–H and O–H groups in total. The van der Waals surface area contributed by atoms with Gasteiger partial charge in [-0.25, -0.2) is 4.68 Å². The van der Waals surface area contributed by atoms with E-state index in [-0.39, 0.29) is 12.5 Å². The molecule has 0 unspecified atom stereocenters. The van der Waals surface area contributed by atoms with Gasteiger partial charge in [-0.2, -0.15) is 0 Å². The number of piperazine rings is 1. The molecule has 0 radical (unpaired) electrons. The van der Waals surface area contributed by atoms with Crippen molar-refractivity contribution in [2.75, 3.05) is 44.8 Å². The van der Waals surface area contributed by atoms with Crippen LogP contribution in [0.15, 0.2) is 54.9 Å². The van der Waals surface area contributed by atoms with Crippen LogP contribution in [0.1, 0.15) is 0 Å². The maximum absolute atomic E-state index is 12.5. The third kappa shape index (κ3) is 4.29. The first kappa shape index (κ1) is 18.7. The normalized spacial score (nSPS) is 14.0. The summed E-state index contributed by atoms with van der Waals surface area (Å²) >= 11 is 0. The molecule has 3 aromatic rings. The van der Waals surface area contributed by atoms with Crippen LogP contribution in [0.3, 0.4) is 0 Å². The third-order valence-electron chi connectivity index (χ3n) is 4.87. The van der Waals surface area contributed by atoms with Crippen molar-refractivity contribution in [1.82, 2.24) is 25.1 Å². The Hall–Kier alpha value is -3.62. The van der Waals surface area contributed by atoms with Crippen molar-refractivity contribution in [1.29, 1.82) is 0 Å². The van der Waals surface area contributed by atoms with Gasteiger partial charge in [0.25, 0.3) is 5.91 Å². The summed E-state index contributed by atoms with van der Waals surface area (Å²) in [6.07, 6.45) is 1.52. The summed E-state index contributed by atoms with van der Waals surface area (Å²) in [7, 11) is 1.67. The second kappa shape index (κ2) is 8.59. The fraction of sp³-hybridized carbons (Fsp3) is 0.300. The van der Waals surface area contributed by atoms with Crippen LogP contribution in [-0.4, -0.2) is 70.9 Å². The molecule has 2 aromatic carbocycles. The zero-order valence-electron chi connectivity index (χ0n) is 16.1. The molecule has 4 rings (SSSR count). The van der Waals surface area contributed by atoms with Crippen LogP contribution in [-0.2, 0) is 4.79 Å². The first-order chi connectivity index (χ1) is 14.2. The fourth-order valence-corrected chi connectivity index (χ4v) is 3.30. The molecule has 2 heterocycles. The topological polar surface area (TPSA) is 85.6 Å². The minimum absolute atomic E-state index is 0.0128. The van der Waals surface area contributed by atoms with Gasteiger partial charge in [0.2, 0.25) is 0 Å². The molecular formula is C20H22N6O3. The number of ether oxygens (including phenoxy) is 2. The van der Waals surface area contributed by atoms with E-state index in [2.05, 4.69) is 20.4 Å². The Bertz CT molecular complexity index is 937. The molecule has 0 atom stereocenters.